The molecule has 1 aliphatic carbocycles. The first-order valence-electron chi connectivity index (χ1n) is 4.14. The molecular formula is C7H13KO4S. The van der Waals surface area contributed by atoms with Gasteiger partial charge in [-0.05, 0) is 12.8 Å². The first-order valence-corrected chi connectivity index (χ1v) is 5.14. The summed E-state index contributed by atoms with van der Waals surface area (Å²) in [5, 5.41) is 9.23. The summed E-state index contributed by atoms with van der Waals surface area (Å²) in [7, 11) is 0. The molecule has 1 fully saturated rings. The van der Waals surface area contributed by atoms with Crippen LogP contribution in [-0.4, -0.2) is 20.2 Å². The summed E-state index contributed by atoms with van der Waals surface area (Å²) in [6.45, 7) is 0. The van der Waals surface area contributed by atoms with Crippen LogP contribution in [0.15, 0.2) is 0 Å². The van der Waals surface area contributed by atoms with Gasteiger partial charge in [0.15, 0.2) is 6.29 Å². The first-order chi connectivity index (χ1) is 5.70. The van der Waals surface area contributed by atoms with Crippen LogP contribution in [0.2, 0.25) is 0 Å². The Morgan fingerprint density at radius 1 is 1.38 bits per heavy atom. The summed E-state index contributed by atoms with van der Waals surface area (Å²) in [5.41, 5.74) is 0. The van der Waals surface area contributed by atoms with Crippen molar-refractivity contribution in [3.63, 3.8) is 0 Å². The van der Waals surface area contributed by atoms with Crippen molar-refractivity contribution in [2.75, 3.05) is 0 Å². The molecule has 1 saturated carbocycles. The van der Waals surface area contributed by atoms with Gasteiger partial charge < -0.3 is 9.66 Å². The molecule has 1 N–H and O–H groups in total. The average Bonchev–Trinajstić information content (AvgIpc) is 2.05. The molecule has 6 heteroatoms. The van der Waals surface area contributed by atoms with Crippen molar-refractivity contribution in [3.05, 3.63) is 0 Å². The van der Waals surface area contributed by atoms with E-state index < -0.39 is 17.7 Å². The molecule has 0 aromatic carbocycles. The Hall–Kier alpha value is 1.67. The molecule has 1 rings (SSSR count). The average molecular weight is 232 g/mol. The number of hydrogen-bond donors (Lipinski definition) is 1. The smallest absolute Gasteiger partial charge is 0.750 e. The second-order valence-corrected chi connectivity index (χ2v) is 3.69. The van der Waals surface area contributed by atoms with Crippen molar-refractivity contribution in [2.24, 2.45) is 5.92 Å². The molecule has 0 aromatic heterocycles. The van der Waals surface area contributed by atoms with Crippen LogP contribution in [0.4, 0.5) is 0 Å². The molecule has 0 bridgehead atoms. The Morgan fingerprint density at radius 2 is 1.92 bits per heavy atom. The minimum atomic E-state index is -2.60. The fourth-order valence-corrected chi connectivity index (χ4v) is 1.90. The third kappa shape index (κ3) is 5.96. The summed E-state index contributed by atoms with van der Waals surface area (Å²) in [6, 6.07) is 0. The minimum absolute atomic E-state index is 0. The first kappa shape index (κ1) is 14.7. The van der Waals surface area contributed by atoms with Gasteiger partial charge in [-0.1, -0.05) is 19.3 Å². The maximum atomic E-state index is 10.1. The Bertz CT molecular complexity index is 161. The number of aliphatic hydroxyl groups excluding tert-OH is 1. The van der Waals surface area contributed by atoms with E-state index in [4.69, 9.17) is 0 Å². The topological polar surface area (TPSA) is 69.6 Å². The molecule has 0 amide bonds. The third-order valence-corrected chi connectivity index (χ3v) is 2.58. The molecule has 1 aliphatic rings. The van der Waals surface area contributed by atoms with Gasteiger partial charge in [-0.2, -0.15) is 0 Å². The molecular weight excluding hydrogens is 219 g/mol. The van der Waals surface area contributed by atoms with Crippen molar-refractivity contribution in [2.45, 2.75) is 38.4 Å². The molecule has 4 nitrogen and oxygen atoms in total. The van der Waals surface area contributed by atoms with Gasteiger partial charge in [0, 0.05) is 5.92 Å². The van der Waals surface area contributed by atoms with Gasteiger partial charge in [-0.25, -0.2) is 4.21 Å². The quantitative estimate of drug-likeness (QED) is 0.337. The summed E-state index contributed by atoms with van der Waals surface area (Å²) in [5.74, 6) is -0.00310. The molecule has 0 radical (unpaired) electrons. The summed E-state index contributed by atoms with van der Waals surface area (Å²) < 4.78 is 24.4. The van der Waals surface area contributed by atoms with Gasteiger partial charge in [0.05, 0.1) is 11.4 Å². The molecule has 13 heavy (non-hydrogen) atoms. The van der Waals surface area contributed by atoms with E-state index in [-0.39, 0.29) is 57.3 Å². The van der Waals surface area contributed by atoms with Crippen LogP contribution in [0.5, 0.6) is 0 Å². The van der Waals surface area contributed by atoms with Gasteiger partial charge in [0.1, 0.15) is 0 Å². The van der Waals surface area contributed by atoms with Gasteiger partial charge in [-0.15, -0.1) is 0 Å². The van der Waals surface area contributed by atoms with Crippen LogP contribution in [0, 0.1) is 5.92 Å². The van der Waals surface area contributed by atoms with E-state index in [0.717, 1.165) is 25.7 Å². The van der Waals surface area contributed by atoms with Gasteiger partial charge in [0.25, 0.3) is 0 Å². The molecule has 0 spiro atoms. The van der Waals surface area contributed by atoms with Crippen LogP contribution in [0.25, 0.3) is 0 Å². The molecule has 0 aromatic rings. The fraction of sp³-hybridized carbons (Fsp3) is 1.00. The Balaban J connectivity index is 0.00000144. The van der Waals surface area contributed by atoms with Crippen molar-refractivity contribution in [3.8, 4) is 0 Å². The molecule has 72 valence electrons. The standard InChI is InChI=1S/C7H14O4S.K/c8-7(11-12(9)10)6-4-2-1-3-5-6;/h6-8H,1-5H2,(H,9,10);/q;+1/p-1. The van der Waals surface area contributed by atoms with Gasteiger partial charge in [-0.3, -0.25) is 4.18 Å². The number of rotatable bonds is 3. The summed E-state index contributed by atoms with van der Waals surface area (Å²) in [4.78, 5) is 0. The predicted octanol–water partition coefficient (Wildman–Crippen LogP) is -2.30. The summed E-state index contributed by atoms with van der Waals surface area (Å²) >= 11 is -2.60. The van der Waals surface area contributed by atoms with E-state index in [0.29, 0.717) is 0 Å². The van der Waals surface area contributed by atoms with Crippen LogP contribution in [0.3, 0.4) is 0 Å². The number of hydrogen-bond acceptors (Lipinski definition) is 4. The van der Waals surface area contributed by atoms with E-state index in [1.165, 1.54) is 6.42 Å². The zero-order valence-electron chi connectivity index (χ0n) is 7.77. The fourth-order valence-electron chi connectivity index (χ4n) is 1.58. The van der Waals surface area contributed by atoms with E-state index in [1.807, 2.05) is 0 Å². The Labute approximate surface area is 123 Å². The molecule has 0 heterocycles. The van der Waals surface area contributed by atoms with Gasteiger partial charge >= 0.3 is 51.4 Å². The predicted molar refractivity (Wildman–Crippen MR) is 42.6 cm³/mol. The molecule has 2 atom stereocenters. The SMILES string of the molecule is O=S([O-])OC(O)C1CCCCC1.[K+]. The van der Waals surface area contributed by atoms with E-state index in [2.05, 4.69) is 4.18 Å². The van der Waals surface area contributed by atoms with E-state index in [1.54, 1.807) is 0 Å². The summed E-state index contributed by atoms with van der Waals surface area (Å²) in [6.07, 6.45) is 3.86. The van der Waals surface area contributed by atoms with E-state index in [9.17, 15) is 13.9 Å². The largest absolute Gasteiger partial charge is 1.00 e. The Kier molecular flexibility index (Phi) is 8.91. The maximum Gasteiger partial charge on any atom is 1.00 e. The van der Waals surface area contributed by atoms with Crippen LogP contribution < -0.4 is 51.4 Å². The van der Waals surface area contributed by atoms with Crippen molar-refractivity contribution in [1.29, 1.82) is 0 Å². The van der Waals surface area contributed by atoms with Gasteiger partial charge in [0.2, 0.25) is 0 Å². The second-order valence-electron chi connectivity index (χ2n) is 3.09. The monoisotopic (exact) mass is 232 g/mol. The third-order valence-electron chi connectivity index (χ3n) is 2.23. The van der Waals surface area contributed by atoms with Crippen molar-refractivity contribution < 1.29 is 69.4 Å². The molecule has 0 saturated heterocycles. The minimum Gasteiger partial charge on any atom is -0.750 e. The zero-order valence-corrected chi connectivity index (χ0v) is 11.7. The second kappa shape index (κ2) is 7.89. The normalized spacial score (nSPS) is 23.2. The van der Waals surface area contributed by atoms with Crippen LogP contribution in [0.1, 0.15) is 32.1 Å². The molecule has 0 aliphatic heterocycles. The van der Waals surface area contributed by atoms with Crippen LogP contribution in [-0.2, 0) is 15.5 Å². The van der Waals surface area contributed by atoms with Crippen molar-refractivity contribution in [1.82, 2.24) is 0 Å². The van der Waals surface area contributed by atoms with Crippen molar-refractivity contribution >= 4 is 11.4 Å². The van der Waals surface area contributed by atoms with Crippen LogP contribution >= 0.6 is 0 Å². The molecule has 2 unspecified atom stereocenters. The van der Waals surface area contributed by atoms with E-state index >= 15 is 0 Å². The zero-order chi connectivity index (χ0) is 8.97. The Morgan fingerprint density at radius 3 is 2.38 bits per heavy atom. The number of aliphatic hydroxyl groups is 1. The maximum absolute atomic E-state index is 10.1.